The first kappa shape index (κ1) is 16.3. The summed E-state index contributed by atoms with van der Waals surface area (Å²) < 4.78 is 13.9. The Balaban J connectivity index is 1.30. The van der Waals surface area contributed by atoms with Gasteiger partial charge in [-0.2, -0.15) is 0 Å². The van der Waals surface area contributed by atoms with Gasteiger partial charge in [0.2, 0.25) is 5.91 Å². The van der Waals surface area contributed by atoms with Crippen LogP contribution in [0.1, 0.15) is 36.3 Å². The number of rotatable bonds is 4. The van der Waals surface area contributed by atoms with Crippen LogP contribution in [-0.2, 0) is 11.2 Å². The van der Waals surface area contributed by atoms with Crippen molar-refractivity contribution in [2.24, 2.45) is 11.8 Å². The minimum Gasteiger partial charge on any atom is -0.342 e. The van der Waals surface area contributed by atoms with E-state index in [1.54, 1.807) is 6.07 Å². The minimum absolute atomic E-state index is 0.0115. The number of likely N-dealkylation sites (tertiary alicyclic amines) is 1. The van der Waals surface area contributed by atoms with Crippen molar-refractivity contribution in [2.75, 3.05) is 13.1 Å². The van der Waals surface area contributed by atoms with Crippen LogP contribution in [0.3, 0.4) is 0 Å². The van der Waals surface area contributed by atoms with Gasteiger partial charge in [0, 0.05) is 19.0 Å². The smallest absolute Gasteiger partial charge is 0.226 e. The van der Waals surface area contributed by atoms with Crippen molar-refractivity contribution in [3.8, 4) is 0 Å². The quantitative estimate of drug-likeness (QED) is 0.809. The molecule has 0 aromatic heterocycles. The van der Waals surface area contributed by atoms with Gasteiger partial charge in [0.25, 0.3) is 0 Å². The molecular weight excluding hydrogens is 313 g/mol. The van der Waals surface area contributed by atoms with Gasteiger partial charge in [-0.25, -0.2) is 4.39 Å². The molecule has 2 atom stereocenters. The highest BCUT2D eigenvalue weighted by Gasteiger charge is 2.47. The predicted octanol–water partition coefficient (Wildman–Crippen LogP) is 4.41. The summed E-state index contributed by atoms with van der Waals surface area (Å²) in [5, 5.41) is 0. The number of nitrogens with zero attached hydrogens (tertiary/aromatic N) is 1. The van der Waals surface area contributed by atoms with Gasteiger partial charge in [0.15, 0.2) is 0 Å². The summed E-state index contributed by atoms with van der Waals surface area (Å²) in [5.41, 5.74) is 2.09. The van der Waals surface area contributed by atoms with Gasteiger partial charge in [-0.1, -0.05) is 48.5 Å². The van der Waals surface area contributed by atoms with Crippen LogP contribution < -0.4 is 0 Å². The summed E-state index contributed by atoms with van der Waals surface area (Å²) in [5.74, 6) is 0.780. The Morgan fingerprint density at radius 2 is 1.68 bits per heavy atom. The summed E-state index contributed by atoms with van der Waals surface area (Å²) >= 11 is 0. The Hall–Kier alpha value is -2.16. The van der Waals surface area contributed by atoms with Crippen molar-refractivity contribution in [3.05, 3.63) is 71.5 Å². The monoisotopic (exact) mass is 337 g/mol. The number of carbonyl (C=O) groups is 1. The molecule has 25 heavy (non-hydrogen) atoms. The third kappa shape index (κ3) is 3.60. The SMILES string of the molecule is O=C([C@@H]1C[C@H]1c1ccccc1F)N1CCC(Cc2ccccc2)CC1. The van der Waals surface area contributed by atoms with Crippen LogP contribution >= 0.6 is 0 Å². The molecule has 1 amide bonds. The topological polar surface area (TPSA) is 20.3 Å². The van der Waals surface area contributed by atoms with Gasteiger partial charge in [0.05, 0.1) is 0 Å². The molecule has 0 radical (unpaired) electrons. The second kappa shape index (κ2) is 6.99. The zero-order chi connectivity index (χ0) is 17.2. The fourth-order valence-corrected chi connectivity index (χ4v) is 4.13. The van der Waals surface area contributed by atoms with Gasteiger partial charge < -0.3 is 4.90 Å². The predicted molar refractivity (Wildman–Crippen MR) is 96.7 cm³/mol. The molecule has 2 aromatic rings. The average Bonchev–Trinajstić information content (AvgIpc) is 3.44. The summed E-state index contributed by atoms with van der Waals surface area (Å²) in [6.45, 7) is 1.69. The van der Waals surface area contributed by atoms with Gasteiger partial charge >= 0.3 is 0 Å². The highest BCUT2D eigenvalue weighted by Crippen LogP contribution is 2.49. The molecule has 2 fully saturated rings. The van der Waals surface area contributed by atoms with E-state index < -0.39 is 0 Å². The molecule has 1 aliphatic heterocycles. The van der Waals surface area contributed by atoms with E-state index in [1.807, 2.05) is 23.1 Å². The van der Waals surface area contributed by atoms with E-state index in [1.165, 1.54) is 11.6 Å². The van der Waals surface area contributed by atoms with Crippen LogP contribution in [0.4, 0.5) is 4.39 Å². The van der Waals surface area contributed by atoms with Crippen LogP contribution in [-0.4, -0.2) is 23.9 Å². The lowest BCUT2D eigenvalue weighted by Crippen LogP contribution is -2.40. The van der Waals surface area contributed by atoms with Gasteiger partial charge in [0.1, 0.15) is 5.82 Å². The van der Waals surface area contributed by atoms with E-state index in [9.17, 15) is 9.18 Å². The molecule has 1 heterocycles. The number of halogens is 1. The number of amides is 1. The first-order valence-corrected chi connectivity index (χ1v) is 9.29. The molecule has 3 heteroatoms. The van der Waals surface area contributed by atoms with Crippen molar-refractivity contribution in [1.29, 1.82) is 0 Å². The molecule has 0 N–H and O–H groups in total. The summed E-state index contributed by atoms with van der Waals surface area (Å²) in [4.78, 5) is 14.7. The zero-order valence-electron chi connectivity index (χ0n) is 14.4. The van der Waals surface area contributed by atoms with Crippen LogP contribution in [0, 0.1) is 17.7 Å². The number of benzene rings is 2. The third-order valence-electron chi connectivity index (χ3n) is 5.71. The molecule has 2 nitrogen and oxygen atoms in total. The fraction of sp³-hybridized carbons (Fsp3) is 0.409. The van der Waals surface area contributed by atoms with Crippen molar-refractivity contribution in [1.82, 2.24) is 4.90 Å². The molecule has 130 valence electrons. The molecule has 0 unspecified atom stereocenters. The molecule has 0 bridgehead atoms. The van der Waals surface area contributed by atoms with E-state index >= 15 is 0 Å². The highest BCUT2D eigenvalue weighted by atomic mass is 19.1. The van der Waals surface area contributed by atoms with E-state index in [0.29, 0.717) is 11.5 Å². The Morgan fingerprint density at radius 1 is 1.00 bits per heavy atom. The van der Waals surface area contributed by atoms with Crippen LogP contribution in [0.2, 0.25) is 0 Å². The normalized spacial score (nSPS) is 23.5. The standard InChI is InChI=1S/C22H24FNO/c23-21-9-5-4-8-18(21)19-15-20(19)22(25)24-12-10-17(11-13-24)14-16-6-2-1-3-7-16/h1-9,17,19-20H,10-15H2/t19-,20+/m0/s1. The Morgan fingerprint density at radius 3 is 2.40 bits per heavy atom. The van der Waals surface area contributed by atoms with Gasteiger partial charge in [-0.3, -0.25) is 4.79 Å². The van der Waals surface area contributed by atoms with Crippen molar-refractivity contribution in [3.63, 3.8) is 0 Å². The van der Waals surface area contributed by atoms with E-state index in [-0.39, 0.29) is 23.6 Å². The van der Waals surface area contributed by atoms with E-state index in [0.717, 1.165) is 38.8 Å². The molecule has 1 saturated carbocycles. The van der Waals surface area contributed by atoms with Crippen molar-refractivity contribution >= 4 is 5.91 Å². The number of hydrogen-bond acceptors (Lipinski definition) is 1. The molecule has 0 spiro atoms. The fourth-order valence-electron chi connectivity index (χ4n) is 4.13. The Kier molecular flexibility index (Phi) is 4.56. The molecule has 4 rings (SSSR count). The van der Waals surface area contributed by atoms with Gasteiger partial charge in [-0.15, -0.1) is 0 Å². The molecular formula is C22H24FNO. The second-order valence-corrected chi connectivity index (χ2v) is 7.43. The first-order valence-electron chi connectivity index (χ1n) is 9.29. The maximum absolute atomic E-state index is 13.9. The Bertz CT molecular complexity index is 737. The minimum atomic E-state index is -0.177. The molecule has 1 aliphatic carbocycles. The number of carbonyl (C=O) groups excluding carboxylic acids is 1. The van der Waals surface area contributed by atoms with Crippen molar-refractivity contribution in [2.45, 2.75) is 31.6 Å². The van der Waals surface area contributed by atoms with Crippen LogP contribution in [0.5, 0.6) is 0 Å². The number of hydrogen-bond donors (Lipinski definition) is 0. The third-order valence-corrected chi connectivity index (χ3v) is 5.71. The second-order valence-electron chi connectivity index (χ2n) is 7.43. The maximum Gasteiger partial charge on any atom is 0.226 e. The lowest BCUT2D eigenvalue weighted by Gasteiger charge is -2.32. The lowest BCUT2D eigenvalue weighted by atomic mass is 9.90. The average molecular weight is 337 g/mol. The summed E-state index contributed by atoms with van der Waals surface area (Å²) in [6, 6.07) is 17.5. The summed E-state index contributed by atoms with van der Waals surface area (Å²) in [6.07, 6.45) is 4.03. The van der Waals surface area contributed by atoms with Crippen LogP contribution in [0.15, 0.2) is 54.6 Å². The highest BCUT2D eigenvalue weighted by molar-refractivity contribution is 5.83. The molecule has 1 saturated heterocycles. The lowest BCUT2D eigenvalue weighted by molar-refractivity contribution is -0.134. The van der Waals surface area contributed by atoms with E-state index in [2.05, 4.69) is 24.3 Å². The number of piperidine rings is 1. The van der Waals surface area contributed by atoms with Gasteiger partial charge in [-0.05, 0) is 54.7 Å². The molecule has 2 aromatic carbocycles. The zero-order valence-corrected chi connectivity index (χ0v) is 14.4. The van der Waals surface area contributed by atoms with Crippen molar-refractivity contribution < 1.29 is 9.18 Å². The van der Waals surface area contributed by atoms with E-state index in [4.69, 9.17) is 0 Å². The largest absolute Gasteiger partial charge is 0.342 e. The molecule has 2 aliphatic rings. The first-order chi connectivity index (χ1) is 12.2. The van der Waals surface area contributed by atoms with Crippen LogP contribution in [0.25, 0.3) is 0 Å². The Labute approximate surface area is 148 Å². The maximum atomic E-state index is 13.9. The summed E-state index contributed by atoms with van der Waals surface area (Å²) in [7, 11) is 0.